The summed E-state index contributed by atoms with van der Waals surface area (Å²) in [4.78, 5) is 17.1. The Morgan fingerprint density at radius 2 is 1.96 bits per heavy atom. The van der Waals surface area contributed by atoms with Crippen LogP contribution in [0.25, 0.3) is 0 Å². The number of carbonyl (C=O) groups excluding carboxylic acids is 1. The topological polar surface area (TPSA) is 23.6 Å². The summed E-state index contributed by atoms with van der Waals surface area (Å²) in [5, 5.41) is 0.624. The van der Waals surface area contributed by atoms with Gasteiger partial charge in [0.2, 0.25) is 0 Å². The zero-order valence-electron chi connectivity index (χ0n) is 13.3. The predicted molar refractivity (Wildman–Crippen MR) is 92.6 cm³/mol. The molecule has 2 aliphatic carbocycles. The molecule has 1 saturated carbocycles. The van der Waals surface area contributed by atoms with Gasteiger partial charge in [-0.05, 0) is 48.8 Å². The molecule has 122 valence electrons. The lowest BCUT2D eigenvalue weighted by atomic mass is 9.93. The molecule has 0 unspecified atom stereocenters. The monoisotopic (exact) mass is 330 g/mol. The second-order valence-corrected chi connectivity index (χ2v) is 7.58. The highest BCUT2D eigenvalue weighted by Crippen LogP contribution is 2.43. The fraction of sp³-hybridized carbons (Fsp3) is 0.526. The zero-order valence-corrected chi connectivity index (χ0v) is 14.1. The van der Waals surface area contributed by atoms with Crippen molar-refractivity contribution in [2.45, 2.75) is 12.8 Å². The number of hydrogen-bond acceptors (Lipinski definition) is 2. The Kier molecular flexibility index (Phi) is 4.16. The van der Waals surface area contributed by atoms with Crippen LogP contribution in [0, 0.1) is 17.8 Å². The van der Waals surface area contributed by atoms with E-state index in [4.69, 9.17) is 11.6 Å². The van der Waals surface area contributed by atoms with Crippen LogP contribution in [-0.4, -0.2) is 48.4 Å². The molecule has 1 amide bonds. The van der Waals surface area contributed by atoms with Gasteiger partial charge in [0.05, 0.1) is 0 Å². The molecule has 0 N–H and O–H groups in total. The maximum atomic E-state index is 12.5. The largest absolute Gasteiger partial charge is 0.336 e. The summed E-state index contributed by atoms with van der Waals surface area (Å²) in [5.41, 5.74) is 0.698. The third kappa shape index (κ3) is 3.17. The number of amides is 1. The lowest BCUT2D eigenvalue weighted by Gasteiger charge is -2.37. The van der Waals surface area contributed by atoms with Gasteiger partial charge in [0.15, 0.2) is 0 Å². The number of benzene rings is 1. The van der Waals surface area contributed by atoms with E-state index < -0.39 is 0 Å². The summed E-state index contributed by atoms with van der Waals surface area (Å²) >= 11 is 5.99. The van der Waals surface area contributed by atoms with Crippen molar-refractivity contribution >= 4 is 17.5 Å². The van der Waals surface area contributed by atoms with Crippen molar-refractivity contribution in [2.75, 3.05) is 32.7 Å². The highest BCUT2D eigenvalue weighted by Gasteiger charge is 2.36. The molecule has 1 heterocycles. The first kappa shape index (κ1) is 15.2. The highest BCUT2D eigenvalue weighted by molar-refractivity contribution is 6.30. The van der Waals surface area contributed by atoms with Gasteiger partial charge >= 0.3 is 0 Å². The van der Waals surface area contributed by atoms with E-state index in [1.54, 1.807) is 12.1 Å². The summed E-state index contributed by atoms with van der Waals surface area (Å²) < 4.78 is 0. The lowest BCUT2D eigenvalue weighted by Crippen LogP contribution is -2.50. The summed E-state index contributed by atoms with van der Waals surface area (Å²) in [5.74, 6) is 2.59. The molecule has 1 aliphatic heterocycles. The van der Waals surface area contributed by atoms with Gasteiger partial charge in [-0.2, -0.15) is 0 Å². The molecule has 3 atom stereocenters. The number of nitrogens with zero attached hydrogens (tertiary/aromatic N) is 2. The van der Waals surface area contributed by atoms with Gasteiger partial charge in [0, 0.05) is 43.3 Å². The van der Waals surface area contributed by atoms with E-state index in [1.165, 1.54) is 19.4 Å². The quantitative estimate of drug-likeness (QED) is 0.794. The second kappa shape index (κ2) is 6.29. The molecule has 1 saturated heterocycles. The normalized spacial score (nSPS) is 30.1. The first-order valence-electron chi connectivity index (χ1n) is 8.64. The SMILES string of the molecule is O=C(c1cccc(Cl)c1)N1CCN(C[C@H]2C[C@H]3C=C[C@@H]2C3)CC1. The van der Waals surface area contributed by atoms with Crippen LogP contribution in [0.2, 0.25) is 5.02 Å². The molecule has 0 aromatic heterocycles. The number of carbonyl (C=O) groups is 1. The molecule has 3 aliphatic rings. The van der Waals surface area contributed by atoms with Gasteiger partial charge in [-0.3, -0.25) is 9.69 Å². The van der Waals surface area contributed by atoms with Crippen molar-refractivity contribution in [3.63, 3.8) is 0 Å². The van der Waals surface area contributed by atoms with Crippen LogP contribution < -0.4 is 0 Å². The molecule has 2 bridgehead atoms. The van der Waals surface area contributed by atoms with Crippen LogP contribution in [-0.2, 0) is 0 Å². The van der Waals surface area contributed by atoms with Gasteiger partial charge in [-0.25, -0.2) is 0 Å². The Labute approximate surface area is 142 Å². The minimum atomic E-state index is 0.106. The van der Waals surface area contributed by atoms with Gasteiger partial charge < -0.3 is 4.90 Å². The van der Waals surface area contributed by atoms with Crippen molar-refractivity contribution in [1.29, 1.82) is 0 Å². The van der Waals surface area contributed by atoms with Crippen molar-refractivity contribution in [3.8, 4) is 0 Å². The van der Waals surface area contributed by atoms with Crippen LogP contribution in [0.5, 0.6) is 0 Å². The lowest BCUT2D eigenvalue weighted by molar-refractivity contribution is 0.0610. The predicted octanol–water partition coefficient (Wildman–Crippen LogP) is 3.31. The minimum Gasteiger partial charge on any atom is -0.336 e. The first-order chi connectivity index (χ1) is 11.2. The Morgan fingerprint density at radius 3 is 2.61 bits per heavy atom. The third-order valence-corrected chi connectivity index (χ3v) is 5.88. The van der Waals surface area contributed by atoms with Crippen LogP contribution >= 0.6 is 11.6 Å². The van der Waals surface area contributed by atoms with Crippen LogP contribution in [0.3, 0.4) is 0 Å². The summed E-state index contributed by atoms with van der Waals surface area (Å²) in [7, 11) is 0. The molecule has 1 aromatic rings. The van der Waals surface area contributed by atoms with Crippen molar-refractivity contribution in [3.05, 3.63) is 47.0 Å². The van der Waals surface area contributed by atoms with E-state index in [9.17, 15) is 4.79 Å². The molecular weight excluding hydrogens is 308 g/mol. The average molecular weight is 331 g/mol. The number of allylic oxidation sites excluding steroid dienone is 2. The number of halogens is 1. The van der Waals surface area contributed by atoms with E-state index in [0.29, 0.717) is 10.6 Å². The maximum Gasteiger partial charge on any atom is 0.253 e. The second-order valence-electron chi connectivity index (χ2n) is 7.14. The zero-order chi connectivity index (χ0) is 15.8. The summed E-state index contributed by atoms with van der Waals surface area (Å²) in [6.07, 6.45) is 7.57. The van der Waals surface area contributed by atoms with E-state index in [-0.39, 0.29) is 5.91 Å². The van der Waals surface area contributed by atoms with E-state index in [2.05, 4.69) is 17.1 Å². The molecule has 4 heteroatoms. The van der Waals surface area contributed by atoms with Gasteiger partial charge in [0.25, 0.3) is 5.91 Å². The highest BCUT2D eigenvalue weighted by atomic mass is 35.5. The smallest absolute Gasteiger partial charge is 0.253 e. The minimum absolute atomic E-state index is 0.106. The average Bonchev–Trinajstić information content (AvgIpc) is 3.18. The first-order valence-corrected chi connectivity index (χ1v) is 9.02. The van der Waals surface area contributed by atoms with Crippen molar-refractivity contribution in [2.24, 2.45) is 17.8 Å². The van der Waals surface area contributed by atoms with Gasteiger partial charge in [-0.1, -0.05) is 29.8 Å². The van der Waals surface area contributed by atoms with Gasteiger partial charge in [-0.15, -0.1) is 0 Å². The van der Waals surface area contributed by atoms with Crippen LogP contribution in [0.4, 0.5) is 0 Å². The third-order valence-electron chi connectivity index (χ3n) is 5.64. The fourth-order valence-corrected chi connectivity index (χ4v) is 4.56. The van der Waals surface area contributed by atoms with Crippen molar-refractivity contribution in [1.82, 2.24) is 9.80 Å². The van der Waals surface area contributed by atoms with Crippen molar-refractivity contribution < 1.29 is 4.79 Å². The molecular formula is C19H23ClN2O. The van der Waals surface area contributed by atoms with Gasteiger partial charge in [0.1, 0.15) is 0 Å². The number of hydrogen-bond donors (Lipinski definition) is 0. The Hall–Kier alpha value is -1.32. The standard InChI is InChI=1S/C19H23ClN2O/c20-18-3-1-2-16(12-18)19(23)22-8-6-21(7-9-22)13-17-11-14-4-5-15(17)10-14/h1-5,12,14-15,17H,6-11,13H2/t14-,15+,17+/m0/s1. The Bertz CT molecular complexity index is 622. The molecule has 0 spiro atoms. The molecule has 3 nitrogen and oxygen atoms in total. The van der Waals surface area contributed by atoms with E-state index in [0.717, 1.165) is 43.9 Å². The fourth-order valence-electron chi connectivity index (χ4n) is 4.37. The Morgan fingerprint density at radius 1 is 1.13 bits per heavy atom. The maximum absolute atomic E-state index is 12.5. The van der Waals surface area contributed by atoms with E-state index in [1.807, 2.05) is 17.0 Å². The Balaban J connectivity index is 1.30. The van der Waals surface area contributed by atoms with Crippen LogP contribution in [0.1, 0.15) is 23.2 Å². The number of rotatable bonds is 3. The molecule has 0 radical (unpaired) electrons. The molecule has 4 rings (SSSR count). The van der Waals surface area contributed by atoms with E-state index >= 15 is 0 Å². The van der Waals surface area contributed by atoms with Crippen LogP contribution in [0.15, 0.2) is 36.4 Å². The molecule has 23 heavy (non-hydrogen) atoms. The molecule has 1 aromatic carbocycles. The number of fused-ring (bicyclic) bond motifs is 2. The number of piperazine rings is 1. The summed E-state index contributed by atoms with van der Waals surface area (Å²) in [6, 6.07) is 7.26. The summed E-state index contributed by atoms with van der Waals surface area (Å²) in [6.45, 7) is 4.82. The molecule has 2 fully saturated rings.